The normalized spacial score (nSPS) is 10.7. The van der Waals surface area contributed by atoms with Gasteiger partial charge in [0.1, 0.15) is 0 Å². The minimum absolute atomic E-state index is 1.15. The average Bonchev–Trinajstić information content (AvgIpc) is 2.86. The maximum Gasteiger partial charge on any atom is 0.0464 e. The van der Waals surface area contributed by atoms with Crippen LogP contribution in [0.3, 0.4) is 0 Å². The Bertz CT molecular complexity index is 1300. The largest absolute Gasteiger partial charge is 0.310 e. The van der Waals surface area contributed by atoms with E-state index < -0.39 is 0 Å². The van der Waals surface area contributed by atoms with Crippen molar-refractivity contribution >= 4 is 17.1 Å². The van der Waals surface area contributed by atoms with Crippen molar-refractivity contribution in [3.05, 3.63) is 139 Å². The van der Waals surface area contributed by atoms with Gasteiger partial charge in [-0.15, -0.1) is 0 Å². The second-order valence-electron chi connectivity index (χ2n) is 8.50. The molecule has 0 aliphatic carbocycles. The molecule has 160 valence electrons. The summed E-state index contributed by atoms with van der Waals surface area (Å²) in [5.41, 5.74) is 10.9. The zero-order valence-electron chi connectivity index (χ0n) is 19.1. The topological polar surface area (TPSA) is 3.24 Å². The molecule has 0 heterocycles. The first-order chi connectivity index (χ1) is 16.2. The highest BCUT2D eigenvalue weighted by atomic mass is 15.1. The van der Waals surface area contributed by atoms with Gasteiger partial charge < -0.3 is 4.90 Å². The predicted octanol–water partition coefficient (Wildman–Crippen LogP) is 9.11. The highest BCUT2D eigenvalue weighted by molar-refractivity contribution is 5.79. The highest BCUT2D eigenvalue weighted by Gasteiger charge is 2.13. The lowest BCUT2D eigenvalue weighted by molar-refractivity contribution is 1.26. The van der Waals surface area contributed by atoms with Crippen LogP contribution in [-0.2, 0) is 0 Å². The fourth-order valence-corrected chi connectivity index (χ4v) is 4.27. The van der Waals surface area contributed by atoms with Gasteiger partial charge in [0.05, 0.1) is 0 Å². The maximum absolute atomic E-state index is 2.32. The van der Waals surface area contributed by atoms with Crippen LogP contribution in [0.15, 0.2) is 127 Å². The summed E-state index contributed by atoms with van der Waals surface area (Å²) < 4.78 is 0. The average molecular weight is 426 g/mol. The molecule has 1 nitrogen and oxygen atoms in total. The highest BCUT2D eigenvalue weighted by Crippen LogP contribution is 2.36. The second-order valence-corrected chi connectivity index (χ2v) is 8.50. The summed E-state index contributed by atoms with van der Waals surface area (Å²) in [5, 5.41) is 0. The van der Waals surface area contributed by atoms with Gasteiger partial charge in [-0.1, -0.05) is 91.0 Å². The van der Waals surface area contributed by atoms with Gasteiger partial charge in [-0.05, 0) is 83.6 Å². The molecular formula is C32H27N. The molecule has 0 saturated carbocycles. The molecule has 0 aliphatic heterocycles. The van der Waals surface area contributed by atoms with Crippen molar-refractivity contribution in [1.82, 2.24) is 0 Å². The number of hydrogen-bond acceptors (Lipinski definition) is 1. The van der Waals surface area contributed by atoms with E-state index in [1.165, 1.54) is 44.8 Å². The van der Waals surface area contributed by atoms with Gasteiger partial charge in [-0.2, -0.15) is 0 Å². The van der Waals surface area contributed by atoms with Crippen LogP contribution in [0.2, 0.25) is 0 Å². The summed E-state index contributed by atoms with van der Waals surface area (Å²) in [7, 11) is 0. The van der Waals surface area contributed by atoms with E-state index in [-0.39, 0.29) is 0 Å². The quantitative estimate of drug-likeness (QED) is 0.271. The summed E-state index contributed by atoms with van der Waals surface area (Å²) in [4.78, 5) is 2.32. The number of anilines is 3. The van der Waals surface area contributed by atoms with Crippen molar-refractivity contribution in [2.24, 2.45) is 0 Å². The van der Waals surface area contributed by atoms with Crippen LogP contribution >= 0.6 is 0 Å². The molecule has 0 fully saturated rings. The smallest absolute Gasteiger partial charge is 0.0464 e. The molecule has 5 rings (SSSR count). The van der Waals surface area contributed by atoms with Gasteiger partial charge in [0.2, 0.25) is 0 Å². The Labute approximate surface area is 196 Å². The number of nitrogens with zero attached hydrogens (tertiary/aromatic N) is 1. The minimum Gasteiger partial charge on any atom is -0.310 e. The number of hydrogen-bond donors (Lipinski definition) is 0. The van der Waals surface area contributed by atoms with Crippen molar-refractivity contribution in [1.29, 1.82) is 0 Å². The Morgan fingerprint density at radius 3 is 1.24 bits per heavy atom. The Morgan fingerprint density at radius 1 is 0.364 bits per heavy atom. The molecule has 0 aromatic heterocycles. The van der Waals surface area contributed by atoms with Gasteiger partial charge in [-0.3, -0.25) is 0 Å². The van der Waals surface area contributed by atoms with Crippen LogP contribution in [-0.4, -0.2) is 0 Å². The van der Waals surface area contributed by atoms with Crippen molar-refractivity contribution in [3.63, 3.8) is 0 Å². The molecule has 0 saturated heterocycles. The van der Waals surface area contributed by atoms with Gasteiger partial charge in [0.25, 0.3) is 0 Å². The summed E-state index contributed by atoms with van der Waals surface area (Å²) in [5.74, 6) is 0. The molecule has 0 bridgehead atoms. The van der Waals surface area contributed by atoms with Crippen molar-refractivity contribution in [3.8, 4) is 22.3 Å². The fourth-order valence-electron chi connectivity index (χ4n) is 4.27. The van der Waals surface area contributed by atoms with Crippen LogP contribution in [0.25, 0.3) is 22.3 Å². The standard InChI is InChI=1S/C32H27N/c1-24-8-6-12-31(22-24)33(32-13-7-9-25(2)23-32)30-20-18-29(19-21-30)28-16-14-27(15-17-28)26-10-4-3-5-11-26/h3-23H,1-2H3. The number of aryl methyl sites for hydroxylation is 2. The molecule has 1 heteroatoms. The molecule has 0 atom stereocenters. The number of benzene rings is 5. The summed E-state index contributed by atoms with van der Waals surface area (Å²) in [6, 6.07) is 45.5. The van der Waals surface area contributed by atoms with E-state index in [9.17, 15) is 0 Å². The first-order valence-electron chi connectivity index (χ1n) is 11.4. The monoisotopic (exact) mass is 425 g/mol. The van der Waals surface area contributed by atoms with E-state index in [4.69, 9.17) is 0 Å². The molecule has 0 radical (unpaired) electrons. The zero-order valence-corrected chi connectivity index (χ0v) is 19.1. The summed E-state index contributed by atoms with van der Waals surface area (Å²) in [6.45, 7) is 4.28. The Hall–Kier alpha value is -4.10. The molecular weight excluding hydrogens is 398 g/mol. The van der Waals surface area contributed by atoms with Crippen molar-refractivity contribution in [2.75, 3.05) is 4.90 Å². The molecule has 0 aliphatic rings. The second kappa shape index (κ2) is 9.18. The van der Waals surface area contributed by atoms with Crippen LogP contribution in [0.1, 0.15) is 11.1 Å². The van der Waals surface area contributed by atoms with Crippen LogP contribution in [0, 0.1) is 13.8 Å². The maximum atomic E-state index is 2.32. The first-order valence-corrected chi connectivity index (χ1v) is 11.4. The lowest BCUT2D eigenvalue weighted by atomic mass is 10.00. The van der Waals surface area contributed by atoms with Gasteiger partial charge in [-0.25, -0.2) is 0 Å². The Kier molecular flexibility index (Phi) is 5.78. The Balaban J connectivity index is 1.48. The van der Waals surface area contributed by atoms with E-state index >= 15 is 0 Å². The summed E-state index contributed by atoms with van der Waals surface area (Å²) in [6.07, 6.45) is 0. The van der Waals surface area contributed by atoms with E-state index in [0.29, 0.717) is 0 Å². The summed E-state index contributed by atoms with van der Waals surface area (Å²) >= 11 is 0. The molecule has 33 heavy (non-hydrogen) atoms. The predicted molar refractivity (Wildman–Crippen MR) is 141 cm³/mol. The molecule has 5 aromatic rings. The van der Waals surface area contributed by atoms with E-state index in [1.54, 1.807) is 0 Å². The van der Waals surface area contributed by atoms with E-state index in [2.05, 4.69) is 146 Å². The third kappa shape index (κ3) is 4.58. The molecule has 0 N–H and O–H groups in total. The lowest BCUT2D eigenvalue weighted by Gasteiger charge is -2.26. The van der Waals surface area contributed by atoms with Crippen molar-refractivity contribution < 1.29 is 0 Å². The number of rotatable bonds is 5. The van der Waals surface area contributed by atoms with Gasteiger partial charge >= 0.3 is 0 Å². The Morgan fingerprint density at radius 2 is 0.788 bits per heavy atom. The molecule has 0 unspecified atom stereocenters. The molecule has 5 aromatic carbocycles. The fraction of sp³-hybridized carbons (Fsp3) is 0.0625. The van der Waals surface area contributed by atoms with Crippen LogP contribution in [0.5, 0.6) is 0 Å². The molecule has 0 spiro atoms. The van der Waals surface area contributed by atoms with Gasteiger partial charge in [0, 0.05) is 17.1 Å². The van der Waals surface area contributed by atoms with Crippen molar-refractivity contribution in [2.45, 2.75) is 13.8 Å². The first kappa shape index (κ1) is 20.8. The van der Waals surface area contributed by atoms with E-state index in [1.807, 2.05) is 0 Å². The lowest BCUT2D eigenvalue weighted by Crippen LogP contribution is -2.10. The van der Waals surface area contributed by atoms with Crippen LogP contribution in [0.4, 0.5) is 17.1 Å². The van der Waals surface area contributed by atoms with E-state index in [0.717, 1.165) is 5.69 Å². The third-order valence-electron chi connectivity index (χ3n) is 5.97. The minimum atomic E-state index is 1.15. The zero-order chi connectivity index (χ0) is 22.6. The van der Waals surface area contributed by atoms with Gasteiger partial charge in [0.15, 0.2) is 0 Å². The SMILES string of the molecule is Cc1cccc(N(c2ccc(-c3ccc(-c4ccccc4)cc3)cc2)c2cccc(C)c2)c1. The van der Waals surface area contributed by atoms with Crippen LogP contribution < -0.4 is 4.90 Å². The third-order valence-corrected chi connectivity index (χ3v) is 5.97. The molecule has 0 amide bonds.